The van der Waals surface area contributed by atoms with Gasteiger partial charge in [-0.3, -0.25) is 4.79 Å². The number of nitrogens with zero attached hydrogens (tertiary/aromatic N) is 1. The van der Waals surface area contributed by atoms with Crippen LogP contribution in [-0.4, -0.2) is 38.5 Å². The molecule has 1 amide bonds. The Bertz CT molecular complexity index is 1030. The zero-order valence-electron chi connectivity index (χ0n) is 15.7. The summed E-state index contributed by atoms with van der Waals surface area (Å²) in [6.45, 7) is 1.64. The lowest BCUT2D eigenvalue weighted by Gasteiger charge is -2.15. The van der Waals surface area contributed by atoms with E-state index in [0.29, 0.717) is 5.56 Å². The summed E-state index contributed by atoms with van der Waals surface area (Å²) in [6, 6.07) is 7.86. The molecule has 0 spiro atoms. The number of anilines is 1. The molecule has 0 aliphatic carbocycles. The van der Waals surface area contributed by atoms with Crippen molar-refractivity contribution in [3.63, 3.8) is 0 Å². The molecule has 0 radical (unpaired) electrons. The van der Waals surface area contributed by atoms with Crippen LogP contribution in [0.5, 0.6) is 0 Å². The zero-order valence-corrected chi connectivity index (χ0v) is 18.1. The van der Waals surface area contributed by atoms with Crippen LogP contribution < -0.4 is 5.32 Å². The quantitative estimate of drug-likeness (QED) is 0.629. The Morgan fingerprint density at radius 2 is 1.83 bits per heavy atom. The van der Waals surface area contributed by atoms with Crippen LogP contribution in [0.15, 0.2) is 46.2 Å². The van der Waals surface area contributed by atoms with E-state index in [-0.39, 0.29) is 21.2 Å². The molecule has 0 atom stereocenters. The fourth-order valence-electron chi connectivity index (χ4n) is 2.31. The highest BCUT2D eigenvalue weighted by molar-refractivity contribution is 8.00. The maximum atomic E-state index is 12.9. The first-order valence-corrected chi connectivity index (χ1v) is 11.0. The summed E-state index contributed by atoms with van der Waals surface area (Å²) in [7, 11) is -0.885. The van der Waals surface area contributed by atoms with Gasteiger partial charge >= 0.3 is 6.18 Å². The Morgan fingerprint density at radius 1 is 1.17 bits per heavy atom. The number of nitrogens with one attached hydrogen (secondary N) is 1. The number of amides is 1. The molecule has 0 aliphatic rings. The molecule has 29 heavy (non-hydrogen) atoms. The molecule has 1 N–H and O–H groups in total. The van der Waals surface area contributed by atoms with Crippen molar-refractivity contribution < 1.29 is 26.4 Å². The van der Waals surface area contributed by atoms with Gasteiger partial charge < -0.3 is 5.32 Å². The van der Waals surface area contributed by atoms with Crippen LogP contribution in [0.4, 0.5) is 18.9 Å². The normalized spacial score (nSPS) is 12.3. The minimum Gasteiger partial charge on any atom is -0.325 e. The summed E-state index contributed by atoms with van der Waals surface area (Å²) >= 11 is 6.48. The van der Waals surface area contributed by atoms with Crippen LogP contribution in [-0.2, 0) is 21.0 Å². The topological polar surface area (TPSA) is 66.5 Å². The zero-order chi connectivity index (χ0) is 22.0. The van der Waals surface area contributed by atoms with Gasteiger partial charge in [0.2, 0.25) is 15.9 Å². The average Bonchev–Trinajstić information content (AvgIpc) is 2.61. The molecule has 158 valence electrons. The molecular formula is C18H18ClF3N2O3S2. The predicted octanol–water partition coefficient (Wildman–Crippen LogP) is 4.65. The first-order chi connectivity index (χ1) is 13.3. The molecule has 0 heterocycles. The minimum absolute atomic E-state index is 0.0560. The number of thioether (sulfide) groups is 1. The summed E-state index contributed by atoms with van der Waals surface area (Å²) in [5.74, 6) is -0.654. The highest BCUT2D eigenvalue weighted by Gasteiger charge is 2.33. The molecule has 2 aromatic carbocycles. The predicted molar refractivity (Wildman–Crippen MR) is 108 cm³/mol. The number of rotatable bonds is 6. The maximum absolute atomic E-state index is 12.9. The van der Waals surface area contributed by atoms with E-state index in [4.69, 9.17) is 11.6 Å². The lowest BCUT2D eigenvalue weighted by molar-refractivity contribution is -0.137. The van der Waals surface area contributed by atoms with Crippen molar-refractivity contribution >= 4 is 45.0 Å². The van der Waals surface area contributed by atoms with E-state index in [9.17, 15) is 26.4 Å². The highest BCUT2D eigenvalue weighted by Crippen LogP contribution is 2.37. The summed E-state index contributed by atoms with van der Waals surface area (Å²) < 4.78 is 64.5. The second kappa shape index (κ2) is 8.95. The number of carbonyl (C=O) groups is 1. The smallest absolute Gasteiger partial charge is 0.325 e. The second-order valence-electron chi connectivity index (χ2n) is 6.24. The number of hydrogen-bond acceptors (Lipinski definition) is 4. The third kappa shape index (κ3) is 5.88. The van der Waals surface area contributed by atoms with Crippen LogP contribution in [0.1, 0.15) is 11.1 Å². The molecule has 0 aromatic heterocycles. The van der Waals surface area contributed by atoms with E-state index in [1.54, 1.807) is 19.1 Å². The Kier molecular flexibility index (Phi) is 7.26. The first-order valence-electron chi connectivity index (χ1n) is 8.15. The van der Waals surface area contributed by atoms with Crippen LogP contribution in [0.3, 0.4) is 0 Å². The molecule has 5 nitrogen and oxygen atoms in total. The molecule has 11 heteroatoms. The maximum Gasteiger partial charge on any atom is 0.417 e. The fourth-order valence-corrected chi connectivity index (χ4v) is 4.41. The van der Waals surface area contributed by atoms with Gasteiger partial charge in [0.05, 0.1) is 21.2 Å². The summed E-state index contributed by atoms with van der Waals surface area (Å²) in [4.78, 5) is 12.5. The third-order valence-corrected chi connectivity index (χ3v) is 7.12. The number of hydrogen-bond donors (Lipinski definition) is 1. The Hall–Kier alpha value is -1.75. The summed E-state index contributed by atoms with van der Waals surface area (Å²) in [5.41, 5.74) is -0.178. The fraction of sp³-hybridized carbons (Fsp3) is 0.278. The molecule has 0 saturated carbocycles. The lowest BCUT2D eigenvalue weighted by Crippen LogP contribution is -2.23. The highest BCUT2D eigenvalue weighted by atomic mass is 35.5. The van der Waals surface area contributed by atoms with Crippen molar-refractivity contribution in [3.05, 3.63) is 52.5 Å². The lowest BCUT2D eigenvalue weighted by atomic mass is 10.2. The van der Waals surface area contributed by atoms with Gasteiger partial charge in [-0.15, -0.1) is 11.8 Å². The van der Waals surface area contributed by atoms with Gasteiger partial charge in [-0.2, -0.15) is 13.2 Å². The van der Waals surface area contributed by atoms with E-state index >= 15 is 0 Å². The molecule has 0 unspecified atom stereocenters. The molecule has 0 bridgehead atoms. The van der Waals surface area contributed by atoms with Gasteiger partial charge in [-0.25, -0.2) is 12.7 Å². The number of aryl methyl sites for hydroxylation is 1. The molecule has 0 aliphatic heterocycles. The number of alkyl halides is 3. The van der Waals surface area contributed by atoms with Gasteiger partial charge in [-0.1, -0.05) is 17.7 Å². The second-order valence-corrected chi connectivity index (χ2v) is 9.82. The Morgan fingerprint density at radius 3 is 2.41 bits per heavy atom. The first kappa shape index (κ1) is 23.5. The van der Waals surface area contributed by atoms with Gasteiger partial charge in [0.15, 0.2) is 0 Å². The number of carbonyl (C=O) groups excluding carboxylic acids is 1. The summed E-state index contributed by atoms with van der Waals surface area (Å²) in [6.07, 6.45) is -4.59. The van der Waals surface area contributed by atoms with Crippen molar-refractivity contribution in [1.29, 1.82) is 0 Å². The monoisotopic (exact) mass is 466 g/mol. The molecule has 0 fully saturated rings. The average molecular weight is 467 g/mol. The van der Waals surface area contributed by atoms with Gasteiger partial charge in [0.1, 0.15) is 0 Å². The van der Waals surface area contributed by atoms with Crippen molar-refractivity contribution in [3.8, 4) is 0 Å². The molecule has 2 aromatic rings. The van der Waals surface area contributed by atoms with Gasteiger partial charge in [-0.05, 0) is 42.8 Å². The van der Waals surface area contributed by atoms with Crippen LogP contribution >= 0.6 is 23.4 Å². The van der Waals surface area contributed by atoms with Gasteiger partial charge in [0, 0.05) is 24.7 Å². The molecule has 2 rings (SSSR count). The van der Waals surface area contributed by atoms with Crippen molar-refractivity contribution in [2.75, 3.05) is 25.2 Å². The number of halogens is 4. The number of sulfonamides is 1. The van der Waals surface area contributed by atoms with Crippen LogP contribution in [0.2, 0.25) is 5.02 Å². The van der Waals surface area contributed by atoms with Crippen LogP contribution in [0, 0.1) is 6.92 Å². The largest absolute Gasteiger partial charge is 0.417 e. The van der Waals surface area contributed by atoms with E-state index in [2.05, 4.69) is 5.32 Å². The van der Waals surface area contributed by atoms with Crippen molar-refractivity contribution in [2.45, 2.75) is 22.9 Å². The van der Waals surface area contributed by atoms with Crippen LogP contribution in [0.25, 0.3) is 0 Å². The van der Waals surface area contributed by atoms with E-state index in [1.807, 2.05) is 0 Å². The van der Waals surface area contributed by atoms with E-state index in [0.717, 1.165) is 28.2 Å². The third-order valence-electron chi connectivity index (χ3n) is 3.84. The Labute approximate surface area is 176 Å². The standard InChI is InChI=1S/C18H18ClF3N2O3S2/c1-11-4-5-12(8-16(11)29(26,27)24(2)3)23-17(25)10-28-13-6-7-15(19)14(9-13)18(20,21)22/h4-9H,10H2,1-3H3,(H,23,25). The Balaban J connectivity index is 2.11. The van der Waals surface area contributed by atoms with Gasteiger partial charge in [0.25, 0.3) is 0 Å². The van der Waals surface area contributed by atoms with Crippen molar-refractivity contribution in [1.82, 2.24) is 4.31 Å². The number of benzene rings is 2. The van der Waals surface area contributed by atoms with E-state index < -0.39 is 32.7 Å². The van der Waals surface area contributed by atoms with E-state index in [1.165, 1.54) is 26.2 Å². The summed E-state index contributed by atoms with van der Waals surface area (Å²) in [5, 5.41) is 2.14. The van der Waals surface area contributed by atoms with Crippen molar-refractivity contribution in [2.24, 2.45) is 0 Å². The minimum atomic E-state index is -4.59. The molecule has 0 saturated heterocycles. The SMILES string of the molecule is Cc1ccc(NC(=O)CSc2ccc(Cl)c(C(F)(F)F)c2)cc1S(=O)(=O)N(C)C. The molecular weight excluding hydrogens is 449 g/mol.